The molecule has 0 heterocycles. The predicted molar refractivity (Wildman–Crippen MR) is 94.3 cm³/mol. The number of hydrogen-bond donors (Lipinski definition) is 2. The normalized spacial score (nSPS) is 16.8. The Hall–Kier alpha value is -2.17. The first-order chi connectivity index (χ1) is 11.6. The van der Waals surface area contributed by atoms with Crippen molar-refractivity contribution in [3.63, 3.8) is 0 Å². The molecule has 2 aromatic carbocycles. The van der Waals surface area contributed by atoms with Crippen LogP contribution in [0.5, 0.6) is 0 Å². The van der Waals surface area contributed by atoms with Gasteiger partial charge in [0, 0.05) is 12.1 Å². The SMILES string of the molecule is CN(C)Cc1cccc([C@@H]2CCc3cc(C(=O)NO)ccc3C2)c1. The Balaban J connectivity index is 1.79. The summed E-state index contributed by atoms with van der Waals surface area (Å²) in [6.07, 6.45) is 3.05. The summed E-state index contributed by atoms with van der Waals surface area (Å²) in [6.45, 7) is 0.955. The first-order valence-electron chi connectivity index (χ1n) is 8.36. The number of amides is 1. The number of carbonyl (C=O) groups excluding carboxylic acids is 1. The van der Waals surface area contributed by atoms with Crippen LogP contribution in [0.25, 0.3) is 0 Å². The third kappa shape index (κ3) is 3.66. The Kier molecular flexibility index (Phi) is 4.97. The van der Waals surface area contributed by atoms with Crippen LogP contribution in [0.2, 0.25) is 0 Å². The Labute approximate surface area is 143 Å². The lowest BCUT2D eigenvalue weighted by Crippen LogP contribution is -2.20. The monoisotopic (exact) mass is 324 g/mol. The molecule has 0 saturated carbocycles. The van der Waals surface area contributed by atoms with Crippen LogP contribution in [-0.2, 0) is 19.4 Å². The van der Waals surface area contributed by atoms with E-state index in [0.29, 0.717) is 11.5 Å². The number of fused-ring (bicyclic) bond motifs is 1. The van der Waals surface area contributed by atoms with Gasteiger partial charge in [0.05, 0.1) is 0 Å². The third-order valence-electron chi connectivity index (χ3n) is 4.72. The summed E-state index contributed by atoms with van der Waals surface area (Å²) in [7, 11) is 4.17. The van der Waals surface area contributed by atoms with E-state index in [0.717, 1.165) is 25.8 Å². The number of nitrogens with one attached hydrogen (secondary N) is 1. The minimum atomic E-state index is -0.448. The summed E-state index contributed by atoms with van der Waals surface area (Å²) < 4.78 is 0. The first kappa shape index (κ1) is 16.7. The molecule has 0 aliphatic heterocycles. The molecule has 0 saturated heterocycles. The molecule has 2 aromatic rings. The fourth-order valence-electron chi connectivity index (χ4n) is 3.56. The van der Waals surface area contributed by atoms with Crippen molar-refractivity contribution >= 4 is 5.91 Å². The molecule has 1 aliphatic rings. The minimum Gasteiger partial charge on any atom is -0.305 e. The molecular formula is C20H24N2O2. The summed E-state index contributed by atoms with van der Waals surface area (Å²) >= 11 is 0. The van der Waals surface area contributed by atoms with Crippen LogP contribution in [0.3, 0.4) is 0 Å². The highest BCUT2D eigenvalue weighted by molar-refractivity contribution is 5.93. The number of hydroxylamine groups is 1. The Bertz CT molecular complexity index is 740. The van der Waals surface area contributed by atoms with E-state index in [9.17, 15) is 4.79 Å². The zero-order chi connectivity index (χ0) is 17.1. The van der Waals surface area contributed by atoms with Crippen LogP contribution < -0.4 is 5.48 Å². The molecule has 0 unspecified atom stereocenters. The van der Waals surface area contributed by atoms with Crippen LogP contribution >= 0.6 is 0 Å². The van der Waals surface area contributed by atoms with E-state index in [1.165, 1.54) is 22.3 Å². The molecule has 0 spiro atoms. The second kappa shape index (κ2) is 7.16. The maximum atomic E-state index is 11.5. The second-order valence-corrected chi connectivity index (χ2v) is 6.85. The van der Waals surface area contributed by atoms with Gasteiger partial charge < -0.3 is 4.90 Å². The number of nitrogens with zero attached hydrogens (tertiary/aromatic N) is 1. The van der Waals surface area contributed by atoms with Gasteiger partial charge >= 0.3 is 0 Å². The van der Waals surface area contributed by atoms with Crippen molar-refractivity contribution in [2.45, 2.75) is 31.7 Å². The van der Waals surface area contributed by atoms with Crippen molar-refractivity contribution in [1.82, 2.24) is 10.4 Å². The molecule has 0 radical (unpaired) electrons. The van der Waals surface area contributed by atoms with Gasteiger partial charge in [-0.15, -0.1) is 0 Å². The smallest absolute Gasteiger partial charge is 0.274 e. The van der Waals surface area contributed by atoms with E-state index >= 15 is 0 Å². The van der Waals surface area contributed by atoms with Crippen molar-refractivity contribution in [2.75, 3.05) is 14.1 Å². The molecule has 2 N–H and O–H groups in total. The van der Waals surface area contributed by atoms with Gasteiger partial charge in [0.15, 0.2) is 0 Å². The lowest BCUT2D eigenvalue weighted by molar-refractivity contribution is 0.0706. The molecule has 24 heavy (non-hydrogen) atoms. The highest BCUT2D eigenvalue weighted by atomic mass is 16.5. The summed E-state index contributed by atoms with van der Waals surface area (Å²) in [4.78, 5) is 13.7. The number of benzene rings is 2. The second-order valence-electron chi connectivity index (χ2n) is 6.85. The standard InChI is InChI=1S/C20H24N2O2/c1-22(2)13-14-4-3-5-15(10-14)16-6-7-18-12-19(20(23)21-24)9-8-17(18)11-16/h3-5,8-10,12,16,24H,6-7,11,13H2,1-2H3,(H,21,23)/t16-/m1/s1. The molecule has 126 valence electrons. The zero-order valence-electron chi connectivity index (χ0n) is 14.2. The Morgan fingerprint density at radius 2 is 2.04 bits per heavy atom. The average Bonchev–Trinajstić information content (AvgIpc) is 2.59. The number of aryl methyl sites for hydroxylation is 1. The predicted octanol–water partition coefficient (Wildman–Crippen LogP) is 3.14. The number of carbonyl (C=O) groups is 1. The fourth-order valence-corrected chi connectivity index (χ4v) is 3.56. The van der Waals surface area contributed by atoms with Crippen molar-refractivity contribution in [3.8, 4) is 0 Å². The lowest BCUT2D eigenvalue weighted by atomic mass is 9.79. The average molecular weight is 324 g/mol. The van der Waals surface area contributed by atoms with Crippen molar-refractivity contribution in [1.29, 1.82) is 0 Å². The number of hydrogen-bond acceptors (Lipinski definition) is 3. The van der Waals surface area contributed by atoms with Gasteiger partial charge in [-0.1, -0.05) is 30.3 Å². The highest BCUT2D eigenvalue weighted by Crippen LogP contribution is 2.33. The molecule has 1 amide bonds. The molecule has 1 aliphatic carbocycles. The first-order valence-corrected chi connectivity index (χ1v) is 8.36. The Morgan fingerprint density at radius 1 is 1.21 bits per heavy atom. The van der Waals surface area contributed by atoms with Crippen LogP contribution in [-0.4, -0.2) is 30.1 Å². The van der Waals surface area contributed by atoms with E-state index in [1.54, 1.807) is 11.5 Å². The van der Waals surface area contributed by atoms with E-state index in [-0.39, 0.29) is 0 Å². The van der Waals surface area contributed by atoms with Gasteiger partial charge in [0.1, 0.15) is 0 Å². The van der Waals surface area contributed by atoms with E-state index in [2.05, 4.69) is 43.3 Å². The van der Waals surface area contributed by atoms with Crippen molar-refractivity contribution in [3.05, 3.63) is 70.3 Å². The zero-order valence-corrected chi connectivity index (χ0v) is 14.2. The summed E-state index contributed by atoms with van der Waals surface area (Å²) in [6, 6.07) is 14.6. The van der Waals surface area contributed by atoms with Gasteiger partial charge in [-0.05, 0) is 73.7 Å². The summed E-state index contributed by atoms with van der Waals surface area (Å²) in [5.41, 5.74) is 7.49. The quantitative estimate of drug-likeness (QED) is 0.671. The molecule has 4 nitrogen and oxygen atoms in total. The van der Waals surface area contributed by atoms with Crippen molar-refractivity contribution < 1.29 is 10.0 Å². The van der Waals surface area contributed by atoms with Gasteiger partial charge in [0.25, 0.3) is 5.91 Å². The molecule has 1 atom stereocenters. The molecule has 0 aromatic heterocycles. The van der Waals surface area contributed by atoms with E-state index in [4.69, 9.17) is 5.21 Å². The Morgan fingerprint density at radius 3 is 2.79 bits per heavy atom. The maximum absolute atomic E-state index is 11.5. The van der Waals surface area contributed by atoms with E-state index < -0.39 is 5.91 Å². The largest absolute Gasteiger partial charge is 0.305 e. The van der Waals surface area contributed by atoms with Gasteiger partial charge in [0.2, 0.25) is 0 Å². The maximum Gasteiger partial charge on any atom is 0.274 e. The molecule has 3 rings (SSSR count). The molecule has 4 heteroatoms. The lowest BCUT2D eigenvalue weighted by Gasteiger charge is -2.26. The summed E-state index contributed by atoms with van der Waals surface area (Å²) in [5.74, 6) is 0.0773. The topological polar surface area (TPSA) is 52.6 Å². The van der Waals surface area contributed by atoms with Crippen LogP contribution in [0, 0.1) is 0 Å². The molecule has 0 bridgehead atoms. The van der Waals surface area contributed by atoms with Gasteiger partial charge in [-0.3, -0.25) is 10.0 Å². The summed E-state index contributed by atoms with van der Waals surface area (Å²) in [5, 5.41) is 8.77. The van der Waals surface area contributed by atoms with Gasteiger partial charge in [-0.25, -0.2) is 5.48 Å². The minimum absolute atomic E-state index is 0.448. The van der Waals surface area contributed by atoms with Crippen LogP contribution in [0.4, 0.5) is 0 Å². The fraction of sp³-hybridized carbons (Fsp3) is 0.350. The van der Waals surface area contributed by atoms with Gasteiger partial charge in [-0.2, -0.15) is 0 Å². The highest BCUT2D eigenvalue weighted by Gasteiger charge is 2.21. The number of rotatable bonds is 4. The molecular weight excluding hydrogens is 300 g/mol. The molecule has 0 fully saturated rings. The van der Waals surface area contributed by atoms with Crippen LogP contribution in [0.1, 0.15) is 45.0 Å². The third-order valence-corrected chi connectivity index (χ3v) is 4.72. The van der Waals surface area contributed by atoms with Crippen LogP contribution in [0.15, 0.2) is 42.5 Å². The van der Waals surface area contributed by atoms with Crippen molar-refractivity contribution in [2.24, 2.45) is 0 Å². The van der Waals surface area contributed by atoms with E-state index in [1.807, 2.05) is 12.1 Å².